The molecule has 0 aromatic carbocycles. The van der Waals surface area contributed by atoms with E-state index >= 15 is 0 Å². The molecule has 94 valence electrons. The van der Waals surface area contributed by atoms with Crippen LogP contribution in [0.3, 0.4) is 0 Å². The molecule has 0 aliphatic carbocycles. The van der Waals surface area contributed by atoms with Crippen molar-refractivity contribution in [1.29, 1.82) is 0 Å². The zero-order valence-corrected chi connectivity index (χ0v) is 12.1. The summed E-state index contributed by atoms with van der Waals surface area (Å²) in [4.78, 5) is 4.59. The largest absolute Gasteiger partial charge is 0.445 e. The summed E-state index contributed by atoms with van der Waals surface area (Å²) in [6, 6.07) is 0. The lowest BCUT2D eigenvalue weighted by Gasteiger charge is -2.12. The summed E-state index contributed by atoms with van der Waals surface area (Å²) >= 11 is 0. The lowest BCUT2D eigenvalue weighted by molar-refractivity contribution is 0.380. The van der Waals surface area contributed by atoms with E-state index in [1.807, 2.05) is 20.8 Å². The summed E-state index contributed by atoms with van der Waals surface area (Å²) in [5.74, 6) is 2.32. The minimum absolute atomic E-state index is 0.0104. The summed E-state index contributed by atoms with van der Waals surface area (Å²) in [7, 11) is 0. The van der Waals surface area contributed by atoms with Crippen molar-refractivity contribution in [3.63, 3.8) is 0 Å². The van der Waals surface area contributed by atoms with Crippen molar-refractivity contribution < 1.29 is 4.42 Å². The van der Waals surface area contributed by atoms with Gasteiger partial charge in [-0.05, 0) is 13.3 Å². The van der Waals surface area contributed by atoms with E-state index in [4.69, 9.17) is 4.42 Å². The van der Waals surface area contributed by atoms with Crippen LogP contribution in [0.25, 0.3) is 0 Å². The van der Waals surface area contributed by atoms with Gasteiger partial charge in [0.25, 0.3) is 0 Å². The molecule has 1 aromatic heterocycles. The van der Waals surface area contributed by atoms with Gasteiger partial charge in [0.15, 0.2) is 5.89 Å². The number of aryl methyl sites for hydroxylation is 1. The van der Waals surface area contributed by atoms with Crippen molar-refractivity contribution in [2.45, 2.75) is 73.1 Å². The highest BCUT2D eigenvalue weighted by molar-refractivity contribution is 5.15. The van der Waals surface area contributed by atoms with Crippen LogP contribution in [0.15, 0.2) is 4.42 Å². The molecule has 0 aliphatic heterocycles. The Hall–Kier alpha value is -0.790. The minimum Gasteiger partial charge on any atom is -0.445 e. The van der Waals surface area contributed by atoms with Gasteiger partial charge in [0, 0.05) is 11.3 Å². The lowest BCUT2D eigenvalue weighted by atomic mass is 9.97. The molecule has 0 fully saturated rings. The third-order valence-corrected chi connectivity index (χ3v) is 2.55. The summed E-state index contributed by atoms with van der Waals surface area (Å²) < 4.78 is 5.69. The van der Waals surface area contributed by atoms with Crippen LogP contribution in [0.4, 0.5) is 0 Å². The molecule has 1 rings (SSSR count). The first-order chi connectivity index (χ1) is 7.36. The molecule has 1 heterocycles. The zero-order chi connectivity index (χ0) is 12.9. The molecule has 1 aromatic rings. The normalized spacial score (nSPS) is 13.0. The first kappa shape index (κ1) is 15.2. The molecular formula is C14H27NO. The number of oxazole rings is 1. The monoisotopic (exact) mass is 225 g/mol. The first-order valence-electron chi connectivity index (χ1n) is 6.34. The third kappa shape index (κ3) is 3.66. The van der Waals surface area contributed by atoms with E-state index in [9.17, 15) is 0 Å². The van der Waals surface area contributed by atoms with Crippen molar-refractivity contribution in [2.75, 3.05) is 0 Å². The summed E-state index contributed by atoms with van der Waals surface area (Å²) in [5, 5.41) is 0. The standard InChI is InChI=1S/C12H21NO.C2H6/c1-7-8(2)10-9(3)14-11(13-10)12(4,5)6;1-2/h8H,7H2,1-6H3;1-2H3. The Morgan fingerprint density at radius 3 is 2.06 bits per heavy atom. The second kappa shape index (κ2) is 6.07. The van der Waals surface area contributed by atoms with Gasteiger partial charge in [-0.1, -0.05) is 48.5 Å². The number of aromatic nitrogens is 1. The SMILES string of the molecule is CC.CCC(C)c1nc(C(C)(C)C)oc1C. The molecule has 0 saturated carbocycles. The average molecular weight is 225 g/mol. The summed E-state index contributed by atoms with van der Waals surface area (Å²) in [6.07, 6.45) is 1.11. The Balaban J connectivity index is 0.00000106. The van der Waals surface area contributed by atoms with Crippen LogP contribution >= 0.6 is 0 Å². The molecule has 1 atom stereocenters. The average Bonchev–Trinajstić information content (AvgIpc) is 2.62. The number of hydrogen-bond donors (Lipinski definition) is 0. The van der Waals surface area contributed by atoms with E-state index in [0.29, 0.717) is 5.92 Å². The Morgan fingerprint density at radius 2 is 1.75 bits per heavy atom. The Morgan fingerprint density at radius 1 is 1.25 bits per heavy atom. The van der Waals surface area contributed by atoms with Gasteiger partial charge in [-0.15, -0.1) is 0 Å². The van der Waals surface area contributed by atoms with Crippen molar-refractivity contribution in [3.05, 3.63) is 17.3 Å². The minimum atomic E-state index is 0.0104. The van der Waals surface area contributed by atoms with Crippen molar-refractivity contribution in [2.24, 2.45) is 0 Å². The van der Waals surface area contributed by atoms with Crippen LogP contribution in [-0.4, -0.2) is 4.98 Å². The fraction of sp³-hybridized carbons (Fsp3) is 0.786. The highest BCUT2D eigenvalue weighted by atomic mass is 16.4. The molecule has 2 nitrogen and oxygen atoms in total. The molecule has 0 saturated heterocycles. The Labute approximate surface area is 100 Å². The van der Waals surface area contributed by atoms with Crippen LogP contribution in [0, 0.1) is 6.92 Å². The number of hydrogen-bond acceptors (Lipinski definition) is 2. The number of nitrogens with zero attached hydrogens (tertiary/aromatic N) is 1. The Bertz CT molecular complexity index is 307. The lowest BCUT2D eigenvalue weighted by Crippen LogP contribution is -2.11. The molecule has 0 spiro atoms. The number of rotatable bonds is 2. The van der Waals surface area contributed by atoms with E-state index < -0.39 is 0 Å². The smallest absolute Gasteiger partial charge is 0.200 e. The second-order valence-electron chi connectivity index (χ2n) is 5.02. The summed E-state index contributed by atoms with van der Waals surface area (Å²) in [5.41, 5.74) is 1.13. The van der Waals surface area contributed by atoms with Crippen molar-refractivity contribution in [1.82, 2.24) is 4.98 Å². The van der Waals surface area contributed by atoms with Gasteiger partial charge in [0.1, 0.15) is 5.76 Å². The van der Waals surface area contributed by atoms with Gasteiger partial charge >= 0.3 is 0 Å². The van der Waals surface area contributed by atoms with Crippen LogP contribution in [0.1, 0.15) is 78.1 Å². The van der Waals surface area contributed by atoms with Gasteiger partial charge in [0.05, 0.1) is 5.69 Å². The van der Waals surface area contributed by atoms with Crippen LogP contribution < -0.4 is 0 Å². The van der Waals surface area contributed by atoms with Gasteiger partial charge in [0.2, 0.25) is 0 Å². The van der Waals surface area contributed by atoms with Crippen molar-refractivity contribution >= 4 is 0 Å². The summed E-state index contributed by atoms with van der Waals surface area (Å²) in [6.45, 7) is 16.7. The van der Waals surface area contributed by atoms with Gasteiger partial charge in [-0.2, -0.15) is 0 Å². The van der Waals surface area contributed by atoms with Crippen LogP contribution in [-0.2, 0) is 5.41 Å². The van der Waals surface area contributed by atoms with E-state index in [-0.39, 0.29) is 5.41 Å². The molecule has 0 aliphatic rings. The first-order valence-corrected chi connectivity index (χ1v) is 6.34. The molecule has 16 heavy (non-hydrogen) atoms. The van der Waals surface area contributed by atoms with E-state index in [1.165, 1.54) is 0 Å². The fourth-order valence-electron chi connectivity index (χ4n) is 1.38. The maximum absolute atomic E-state index is 5.69. The van der Waals surface area contributed by atoms with Gasteiger partial charge in [-0.25, -0.2) is 4.98 Å². The van der Waals surface area contributed by atoms with Gasteiger partial charge in [-0.3, -0.25) is 0 Å². The Kier molecular flexibility index (Phi) is 5.77. The van der Waals surface area contributed by atoms with Gasteiger partial charge < -0.3 is 4.42 Å². The zero-order valence-electron chi connectivity index (χ0n) is 12.1. The second-order valence-corrected chi connectivity index (χ2v) is 5.02. The molecule has 0 N–H and O–H groups in total. The molecule has 0 amide bonds. The van der Waals surface area contributed by atoms with Crippen LogP contribution in [0.5, 0.6) is 0 Å². The highest BCUT2D eigenvalue weighted by Crippen LogP contribution is 2.28. The molecule has 0 radical (unpaired) electrons. The van der Waals surface area contributed by atoms with Crippen LogP contribution in [0.2, 0.25) is 0 Å². The maximum atomic E-state index is 5.69. The van der Waals surface area contributed by atoms with E-state index in [2.05, 4.69) is 39.6 Å². The predicted octanol–water partition coefficient (Wildman–Crippen LogP) is 4.82. The van der Waals surface area contributed by atoms with E-state index in [1.54, 1.807) is 0 Å². The van der Waals surface area contributed by atoms with E-state index in [0.717, 1.165) is 23.8 Å². The van der Waals surface area contributed by atoms with Crippen molar-refractivity contribution in [3.8, 4) is 0 Å². The molecule has 2 heteroatoms. The topological polar surface area (TPSA) is 26.0 Å². The molecule has 0 bridgehead atoms. The maximum Gasteiger partial charge on any atom is 0.200 e. The fourth-order valence-corrected chi connectivity index (χ4v) is 1.38. The highest BCUT2D eigenvalue weighted by Gasteiger charge is 2.23. The predicted molar refractivity (Wildman–Crippen MR) is 70.0 cm³/mol. The third-order valence-electron chi connectivity index (χ3n) is 2.55. The molecular weight excluding hydrogens is 198 g/mol. The quantitative estimate of drug-likeness (QED) is 0.721. The molecule has 1 unspecified atom stereocenters.